The van der Waals surface area contributed by atoms with Crippen LogP contribution in [0.25, 0.3) is 0 Å². The highest BCUT2D eigenvalue weighted by Crippen LogP contribution is 2.30. The molecule has 25 heavy (non-hydrogen) atoms. The molecule has 1 aliphatic heterocycles. The largest absolute Gasteiger partial charge is 0.444 e. The second-order valence-corrected chi connectivity index (χ2v) is 6.92. The first-order valence-electron chi connectivity index (χ1n) is 9.36. The molecule has 1 N–H and O–H groups in total. The van der Waals surface area contributed by atoms with E-state index in [1.807, 2.05) is 59.3 Å². The van der Waals surface area contributed by atoms with Gasteiger partial charge in [-0.25, -0.2) is 4.79 Å². The molecule has 1 amide bonds. The Labute approximate surface area is 153 Å². The zero-order chi connectivity index (χ0) is 19.7. The van der Waals surface area contributed by atoms with Crippen LogP contribution < -0.4 is 0 Å². The molecule has 0 unspecified atom stereocenters. The number of hydrogen-bond donors (Lipinski definition) is 1. The number of piperidine rings is 1. The SMILES string of the molecule is CC.CC.CC(C)(C)OC(=O)N1CCC(C)(n2cc(CO)cn2)CC1. The number of carbonyl (C=O) groups excluding carboxylic acids is 1. The Morgan fingerprint density at radius 1 is 1.24 bits per heavy atom. The molecular formula is C19H37N3O3. The zero-order valence-electron chi connectivity index (χ0n) is 17.3. The third kappa shape index (κ3) is 7.06. The molecule has 1 aromatic heterocycles. The van der Waals surface area contributed by atoms with Gasteiger partial charge < -0.3 is 14.7 Å². The molecule has 0 spiro atoms. The Bertz CT molecular complexity index is 498. The lowest BCUT2D eigenvalue weighted by molar-refractivity contribution is 0.0120. The number of carbonyl (C=O) groups is 1. The normalized spacial score (nSPS) is 16.1. The summed E-state index contributed by atoms with van der Waals surface area (Å²) in [5.74, 6) is 0. The lowest BCUT2D eigenvalue weighted by Gasteiger charge is -2.39. The minimum Gasteiger partial charge on any atom is -0.444 e. The summed E-state index contributed by atoms with van der Waals surface area (Å²) >= 11 is 0. The summed E-state index contributed by atoms with van der Waals surface area (Å²) < 4.78 is 7.31. The second kappa shape index (κ2) is 10.4. The summed E-state index contributed by atoms with van der Waals surface area (Å²) in [5, 5.41) is 13.5. The average Bonchev–Trinajstić information content (AvgIpc) is 3.07. The van der Waals surface area contributed by atoms with Crippen LogP contribution in [0.4, 0.5) is 4.79 Å². The van der Waals surface area contributed by atoms with Gasteiger partial charge >= 0.3 is 6.09 Å². The van der Waals surface area contributed by atoms with E-state index in [4.69, 9.17) is 9.84 Å². The molecule has 2 heterocycles. The number of amides is 1. The third-order valence-electron chi connectivity index (χ3n) is 3.86. The summed E-state index contributed by atoms with van der Waals surface area (Å²) in [6, 6.07) is 0. The maximum atomic E-state index is 12.1. The van der Waals surface area contributed by atoms with E-state index in [1.165, 1.54) is 0 Å². The summed E-state index contributed by atoms with van der Waals surface area (Å²) in [4.78, 5) is 13.8. The number of aliphatic hydroxyl groups is 1. The number of hydrogen-bond acceptors (Lipinski definition) is 4. The summed E-state index contributed by atoms with van der Waals surface area (Å²) in [6.07, 6.45) is 4.95. The highest BCUT2D eigenvalue weighted by molar-refractivity contribution is 5.68. The minimum absolute atomic E-state index is 0.000113. The van der Waals surface area contributed by atoms with Crippen molar-refractivity contribution < 1.29 is 14.6 Å². The lowest BCUT2D eigenvalue weighted by atomic mass is 9.90. The van der Waals surface area contributed by atoms with Crippen LogP contribution in [0.2, 0.25) is 0 Å². The number of ether oxygens (including phenoxy) is 1. The number of likely N-dealkylation sites (tertiary alicyclic amines) is 1. The van der Waals surface area contributed by atoms with E-state index in [9.17, 15) is 4.79 Å². The number of aromatic nitrogens is 2. The number of rotatable bonds is 2. The van der Waals surface area contributed by atoms with Gasteiger partial charge in [0, 0.05) is 24.8 Å². The Hall–Kier alpha value is -1.56. The van der Waals surface area contributed by atoms with Gasteiger partial charge in [0.15, 0.2) is 0 Å². The van der Waals surface area contributed by atoms with Crippen molar-refractivity contribution >= 4 is 6.09 Å². The lowest BCUT2D eigenvalue weighted by Crippen LogP contribution is -2.48. The Morgan fingerprint density at radius 3 is 2.16 bits per heavy atom. The molecule has 0 saturated carbocycles. The van der Waals surface area contributed by atoms with Crippen molar-refractivity contribution in [1.82, 2.24) is 14.7 Å². The van der Waals surface area contributed by atoms with Gasteiger partial charge in [-0.15, -0.1) is 0 Å². The Morgan fingerprint density at radius 2 is 1.76 bits per heavy atom. The minimum atomic E-state index is -0.462. The van der Waals surface area contributed by atoms with Crippen LogP contribution in [-0.2, 0) is 16.9 Å². The second-order valence-electron chi connectivity index (χ2n) is 6.92. The molecule has 1 aromatic rings. The molecule has 146 valence electrons. The van der Waals surface area contributed by atoms with Crippen molar-refractivity contribution in [3.05, 3.63) is 18.0 Å². The zero-order valence-corrected chi connectivity index (χ0v) is 17.3. The number of aliphatic hydroxyl groups excluding tert-OH is 1. The van der Waals surface area contributed by atoms with Gasteiger partial charge in [0.2, 0.25) is 0 Å². The fourth-order valence-corrected chi connectivity index (χ4v) is 2.46. The van der Waals surface area contributed by atoms with Crippen molar-refractivity contribution in [2.24, 2.45) is 0 Å². The standard InChI is InChI=1S/C15H25N3O3.2C2H6/c1-14(2,3)21-13(20)17-7-5-15(4,6-8-17)18-10-12(11-19)9-16-18;2*1-2/h9-10,19H,5-8,11H2,1-4H3;2*1-2H3. The smallest absolute Gasteiger partial charge is 0.410 e. The molecule has 1 saturated heterocycles. The summed E-state index contributed by atoms with van der Waals surface area (Å²) in [5.41, 5.74) is 0.229. The van der Waals surface area contributed by atoms with E-state index in [2.05, 4.69) is 12.0 Å². The third-order valence-corrected chi connectivity index (χ3v) is 3.86. The first kappa shape index (κ1) is 23.4. The van der Waals surface area contributed by atoms with Crippen molar-refractivity contribution in [2.75, 3.05) is 13.1 Å². The molecule has 1 aliphatic rings. The van der Waals surface area contributed by atoms with Crippen molar-refractivity contribution in [2.45, 2.75) is 86.0 Å². The van der Waals surface area contributed by atoms with E-state index in [1.54, 1.807) is 11.1 Å². The summed E-state index contributed by atoms with van der Waals surface area (Å²) in [6.45, 7) is 17.1. The van der Waals surface area contributed by atoms with Crippen LogP contribution in [0, 0.1) is 0 Å². The van der Waals surface area contributed by atoms with E-state index >= 15 is 0 Å². The van der Waals surface area contributed by atoms with Gasteiger partial charge in [-0.05, 0) is 40.5 Å². The quantitative estimate of drug-likeness (QED) is 0.864. The van der Waals surface area contributed by atoms with Gasteiger partial charge in [0.25, 0.3) is 0 Å². The van der Waals surface area contributed by atoms with E-state index in [0.717, 1.165) is 18.4 Å². The van der Waals surface area contributed by atoms with Gasteiger partial charge in [-0.2, -0.15) is 5.10 Å². The van der Waals surface area contributed by atoms with Crippen LogP contribution in [0.3, 0.4) is 0 Å². The van der Waals surface area contributed by atoms with Crippen LogP contribution in [-0.4, -0.2) is 44.6 Å². The van der Waals surface area contributed by atoms with Crippen LogP contribution in [0.15, 0.2) is 12.4 Å². The maximum Gasteiger partial charge on any atom is 0.410 e. The Balaban J connectivity index is 0.00000134. The van der Waals surface area contributed by atoms with E-state index in [-0.39, 0.29) is 18.2 Å². The predicted molar refractivity (Wildman–Crippen MR) is 102 cm³/mol. The molecule has 0 bridgehead atoms. The Kier molecular flexibility index (Phi) is 9.78. The van der Waals surface area contributed by atoms with Gasteiger partial charge in [0.05, 0.1) is 18.3 Å². The molecule has 6 heteroatoms. The monoisotopic (exact) mass is 355 g/mol. The molecule has 1 fully saturated rings. The molecule has 0 radical (unpaired) electrons. The van der Waals surface area contributed by atoms with E-state index < -0.39 is 5.60 Å². The van der Waals surface area contributed by atoms with Crippen molar-refractivity contribution in [3.8, 4) is 0 Å². The predicted octanol–water partition coefficient (Wildman–Crippen LogP) is 4.17. The topological polar surface area (TPSA) is 67.6 Å². The van der Waals surface area contributed by atoms with Crippen molar-refractivity contribution in [3.63, 3.8) is 0 Å². The fourth-order valence-electron chi connectivity index (χ4n) is 2.46. The van der Waals surface area contributed by atoms with E-state index in [0.29, 0.717) is 13.1 Å². The first-order valence-corrected chi connectivity index (χ1v) is 9.36. The van der Waals surface area contributed by atoms with Gasteiger partial charge in [-0.1, -0.05) is 27.7 Å². The van der Waals surface area contributed by atoms with Crippen LogP contribution >= 0.6 is 0 Å². The van der Waals surface area contributed by atoms with Gasteiger partial charge in [-0.3, -0.25) is 4.68 Å². The van der Waals surface area contributed by atoms with Crippen LogP contribution in [0.5, 0.6) is 0 Å². The first-order chi connectivity index (χ1) is 11.7. The highest BCUT2D eigenvalue weighted by atomic mass is 16.6. The fraction of sp³-hybridized carbons (Fsp3) is 0.789. The molecular weight excluding hydrogens is 318 g/mol. The molecule has 2 rings (SSSR count). The maximum absolute atomic E-state index is 12.1. The summed E-state index contributed by atoms with van der Waals surface area (Å²) in [7, 11) is 0. The average molecular weight is 356 g/mol. The van der Waals surface area contributed by atoms with Crippen molar-refractivity contribution in [1.29, 1.82) is 0 Å². The molecule has 0 aliphatic carbocycles. The van der Waals surface area contributed by atoms with Gasteiger partial charge in [0.1, 0.15) is 5.60 Å². The molecule has 0 aromatic carbocycles. The number of nitrogens with zero attached hydrogens (tertiary/aromatic N) is 3. The van der Waals surface area contributed by atoms with Crippen LogP contribution in [0.1, 0.15) is 73.8 Å². The highest BCUT2D eigenvalue weighted by Gasteiger charge is 2.35. The molecule has 0 atom stereocenters. The molecule has 6 nitrogen and oxygen atoms in total.